The Hall–Kier alpha value is -4.46. The molecule has 0 saturated carbocycles. The van der Waals surface area contributed by atoms with Crippen LogP contribution in [0.15, 0.2) is 140 Å². The molecule has 0 amide bonds. The minimum atomic E-state index is -1.33. The summed E-state index contributed by atoms with van der Waals surface area (Å²) in [4.78, 5) is 9.96. The molecule has 2 nitrogen and oxygen atoms in total. The van der Waals surface area contributed by atoms with Crippen molar-refractivity contribution in [3.05, 3.63) is 185 Å². The van der Waals surface area contributed by atoms with Gasteiger partial charge < -0.3 is 0 Å². The number of hydrogen-bond acceptors (Lipinski definition) is 2. The third-order valence-corrected chi connectivity index (χ3v) is 14.7. The summed E-state index contributed by atoms with van der Waals surface area (Å²) in [5.74, 6) is 1.45. The maximum atomic E-state index is 4.98. The number of benzene rings is 4. The monoisotopic (exact) mass is 738 g/mol. The molecule has 51 heavy (non-hydrogen) atoms. The normalized spacial score (nSPS) is 17.3. The fourth-order valence-corrected chi connectivity index (χ4v) is 12.0. The van der Waals surface area contributed by atoms with Crippen LogP contribution in [0.2, 0.25) is 0 Å². The molecular formula is C48H44N2Zr. The van der Waals surface area contributed by atoms with E-state index in [2.05, 4.69) is 149 Å². The van der Waals surface area contributed by atoms with Gasteiger partial charge in [0.25, 0.3) is 0 Å². The number of fused-ring (bicyclic) bond motifs is 2. The van der Waals surface area contributed by atoms with Gasteiger partial charge in [0.1, 0.15) is 0 Å². The molecule has 4 unspecified atom stereocenters. The first kappa shape index (κ1) is 33.7. The summed E-state index contributed by atoms with van der Waals surface area (Å²) in [5, 5.41) is 0. The van der Waals surface area contributed by atoms with Crippen molar-refractivity contribution in [2.24, 2.45) is 0 Å². The Balaban J connectivity index is 1.23. The van der Waals surface area contributed by atoms with Gasteiger partial charge in [-0.3, -0.25) is 0 Å². The van der Waals surface area contributed by atoms with Gasteiger partial charge in [0.2, 0.25) is 0 Å². The zero-order valence-electron chi connectivity index (χ0n) is 30.0. The molecule has 2 aliphatic rings. The third-order valence-electron chi connectivity index (χ3n) is 11.2. The van der Waals surface area contributed by atoms with Crippen LogP contribution >= 0.6 is 0 Å². The van der Waals surface area contributed by atoms with Crippen LogP contribution in [-0.4, -0.2) is 9.97 Å². The van der Waals surface area contributed by atoms with E-state index in [1.165, 1.54) is 55.6 Å². The van der Waals surface area contributed by atoms with Crippen molar-refractivity contribution in [1.82, 2.24) is 9.97 Å². The van der Waals surface area contributed by atoms with Crippen LogP contribution < -0.4 is 0 Å². The molecule has 4 atom stereocenters. The average molecular weight is 740 g/mol. The van der Waals surface area contributed by atoms with Crippen LogP contribution in [0.4, 0.5) is 0 Å². The van der Waals surface area contributed by atoms with E-state index in [0.29, 0.717) is 11.8 Å². The van der Waals surface area contributed by atoms with E-state index in [-0.39, 0.29) is 11.8 Å². The first-order valence-corrected chi connectivity index (χ1v) is 21.0. The summed E-state index contributed by atoms with van der Waals surface area (Å²) in [6.07, 6.45) is 11.3. The van der Waals surface area contributed by atoms with Crippen molar-refractivity contribution in [3.8, 4) is 22.3 Å². The standard InChI is InChI=1S/2C24H22N.Zr/c2*1-3-17(2)18-10-12-19(13-11-18)20-7-6-8-21-22(20)14-15-23(21)24-9-4-5-16-25-24;/h2*4-14,16-17,23H,3H2,1-2H3;. The number of rotatable bonds is 10. The first-order valence-electron chi connectivity index (χ1n) is 18.5. The van der Waals surface area contributed by atoms with Gasteiger partial charge in [-0.2, -0.15) is 0 Å². The van der Waals surface area contributed by atoms with Gasteiger partial charge in [-0.1, -0.05) is 0 Å². The predicted octanol–water partition coefficient (Wildman–Crippen LogP) is 12.6. The molecular weight excluding hydrogens is 696 g/mol. The number of hydrogen-bond donors (Lipinski definition) is 0. The van der Waals surface area contributed by atoms with Crippen molar-refractivity contribution in [2.45, 2.75) is 64.2 Å². The molecule has 2 aliphatic carbocycles. The van der Waals surface area contributed by atoms with Gasteiger partial charge in [-0.05, 0) is 0 Å². The molecule has 0 N–H and O–H groups in total. The Kier molecular flexibility index (Phi) is 9.67. The topological polar surface area (TPSA) is 25.8 Å². The van der Waals surface area contributed by atoms with Crippen molar-refractivity contribution in [3.63, 3.8) is 0 Å². The fourth-order valence-electron chi connectivity index (χ4n) is 7.88. The van der Waals surface area contributed by atoms with Crippen molar-refractivity contribution < 1.29 is 23.2 Å². The second-order valence-electron chi connectivity index (χ2n) is 14.2. The van der Waals surface area contributed by atoms with Gasteiger partial charge >= 0.3 is 317 Å². The number of pyridine rings is 2. The van der Waals surface area contributed by atoms with Gasteiger partial charge in [-0.15, -0.1) is 0 Å². The molecule has 0 radical (unpaired) electrons. The predicted molar refractivity (Wildman–Crippen MR) is 209 cm³/mol. The van der Waals surface area contributed by atoms with Gasteiger partial charge in [-0.25, -0.2) is 0 Å². The molecule has 6 aromatic rings. The Morgan fingerprint density at radius 3 is 1.31 bits per heavy atom. The van der Waals surface area contributed by atoms with Gasteiger partial charge in [0.05, 0.1) is 0 Å². The van der Waals surface area contributed by atoms with Gasteiger partial charge in [0.15, 0.2) is 0 Å². The van der Waals surface area contributed by atoms with E-state index in [4.69, 9.17) is 9.97 Å². The van der Waals surface area contributed by atoms with E-state index in [9.17, 15) is 0 Å². The molecule has 2 aromatic heterocycles. The third kappa shape index (κ3) is 6.47. The SMILES string of the molecule is CCC(C)c1ccc(-c2cccc3c2C=[C]([Zr][C]2=Cc4c(-c5ccc(C(C)CC)cc5)cccc4C2c2ccccn2)C3c2ccccn2)cc1. The zero-order valence-corrected chi connectivity index (χ0v) is 32.4. The average Bonchev–Trinajstić information content (AvgIpc) is 3.76. The van der Waals surface area contributed by atoms with E-state index in [0.717, 1.165) is 24.2 Å². The molecule has 0 saturated heterocycles. The minimum absolute atomic E-state index is 0.161. The van der Waals surface area contributed by atoms with Crippen LogP contribution in [0.5, 0.6) is 0 Å². The molecule has 0 bridgehead atoms. The van der Waals surface area contributed by atoms with Crippen LogP contribution in [0, 0.1) is 0 Å². The van der Waals surface area contributed by atoms with Crippen LogP contribution in [-0.2, 0) is 23.2 Å². The van der Waals surface area contributed by atoms with E-state index < -0.39 is 23.2 Å². The van der Waals surface area contributed by atoms with Crippen LogP contribution in [0.3, 0.4) is 0 Å². The summed E-state index contributed by atoms with van der Waals surface area (Å²) in [5.41, 5.74) is 15.7. The summed E-state index contributed by atoms with van der Waals surface area (Å²) in [6.45, 7) is 9.16. The van der Waals surface area contributed by atoms with Crippen LogP contribution in [0.25, 0.3) is 34.4 Å². The molecule has 0 aliphatic heterocycles. The molecule has 3 heteroatoms. The molecule has 0 fully saturated rings. The van der Waals surface area contributed by atoms with Crippen molar-refractivity contribution >= 4 is 12.2 Å². The second kappa shape index (κ2) is 14.6. The number of nitrogens with zero attached hydrogens (tertiary/aromatic N) is 2. The van der Waals surface area contributed by atoms with E-state index in [1.807, 2.05) is 24.5 Å². The summed E-state index contributed by atoms with van der Waals surface area (Å²) in [7, 11) is 0. The zero-order chi connectivity index (χ0) is 34.9. The quantitative estimate of drug-likeness (QED) is 0.140. The first-order chi connectivity index (χ1) is 25.0. The summed E-state index contributed by atoms with van der Waals surface area (Å²) < 4.78 is 3.10. The fraction of sp³-hybridized carbons (Fsp3) is 0.208. The maximum absolute atomic E-state index is 4.98. The van der Waals surface area contributed by atoms with Crippen molar-refractivity contribution in [2.75, 3.05) is 0 Å². The molecule has 250 valence electrons. The van der Waals surface area contributed by atoms with E-state index in [1.54, 1.807) is 6.56 Å². The Morgan fingerprint density at radius 1 is 0.510 bits per heavy atom. The molecule has 8 rings (SSSR count). The Labute approximate surface area is 315 Å². The molecule has 2 heterocycles. The van der Waals surface area contributed by atoms with Crippen LogP contribution in [0.1, 0.15) is 109 Å². The van der Waals surface area contributed by atoms with Gasteiger partial charge in [0, 0.05) is 0 Å². The molecule has 4 aromatic carbocycles. The second-order valence-corrected chi connectivity index (χ2v) is 17.6. The summed E-state index contributed by atoms with van der Waals surface area (Å²) in [6, 6.07) is 45.1. The Morgan fingerprint density at radius 2 is 0.941 bits per heavy atom. The number of allylic oxidation sites excluding steroid dienone is 2. The molecule has 0 spiro atoms. The van der Waals surface area contributed by atoms with Crippen molar-refractivity contribution in [1.29, 1.82) is 0 Å². The van der Waals surface area contributed by atoms with E-state index >= 15 is 0 Å². The summed E-state index contributed by atoms with van der Waals surface area (Å²) >= 11 is -1.33. The Bertz CT molecular complexity index is 2060. The number of aromatic nitrogens is 2.